The van der Waals surface area contributed by atoms with Crippen LogP contribution >= 0.6 is 0 Å². The largest absolute Gasteiger partial charge is 0.508 e. The van der Waals surface area contributed by atoms with E-state index < -0.39 is 0 Å². The fourth-order valence-corrected chi connectivity index (χ4v) is 3.95. The Morgan fingerprint density at radius 3 is 2.71 bits per heavy atom. The molecule has 2 atom stereocenters. The first-order valence-electron chi connectivity index (χ1n) is 7.94. The molecule has 0 spiro atoms. The summed E-state index contributed by atoms with van der Waals surface area (Å²) in [6, 6.07) is 4.73. The molecule has 1 aliphatic carbocycles. The number of carbonyl (C=O) groups excluding carboxylic acids is 1. The highest BCUT2D eigenvalue weighted by Crippen LogP contribution is 2.35. The molecule has 0 bridgehead atoms. The molecule has 3 rings (SSSR count). The summed E-state index contributed by atoms with van der Waals surface area (Å²) in [4.78, 5) is 14.7. The molecule has 0 amide bonds. The van der Waals surface area contributed by atoms with E-state index in [4.69, 9.17) is 0 Å². The maximum absolute atomic E-state index is 12.4. The van der Waals surface area contributed by atoms with Crippen molar-refractivity contribution in [2.75, 3.05) is 13.1 Å². The van der Waals surface area contributed by atoms with Crippen LogP contribution < -0.4 is 0 Å². The Kier molecular flexibility index (Phi) is 4.15. The van der Waals surface area contributed by atoms with Gasteiger partial charge in [0, 0.05) is 12.1 Å². The summed E-state index contributed by atoms with van der Waals surface area (Å²) < 4.78 is 0. The normalized spacial score (nSPS) is 26.3. The number of benzene rings is 1. The van der Waals surface area contributed by atoms with Gasteiger partial charge in [-0.25, -0.2) is 0 Å². The van der Waals surface area contributed by atoms with Crippen LogP contribution in [0.3, 0.4) is 0 Å². The highest BCUT2D eigenvalue weighted by Gasteiger charge is 2.34. The molecule has 2 N–H and O–H groups in total. The quantitative estimate of drug-likeness (QED) is 0.840. The lowest BCUT2D eigenvalue weighted by Gasteiger charge is -2.43. The average molecular weight is 289 g/mol. The van der Waals surface area contributed by atoms with Crippen LogP contribution in [0.1, 0.15) is 48.9 Å². The molecule has 1 aliphatic heterocycles. The van der Waals surface area contributed by atoms with Gasteiger partial charge in [-0.2, -0.15) is 0 Å². The van der Waals surface area contributed by atoms with Gasteiger partial charge in [0.05, 0.1) is 12.1 Å². The van der Waals surface area contributed by atoms with E-state index in [1.54, 1.807) is 0 Å². The van der Waals surface area contributed by atoms with Gasteiger partial charge in [0.2, 0.25) is 0 Å². The number of rotatable bonds is 3. The van der Waals surface area contributed by atoms with E-state index in [-0.39, 0.29) is 17.3 Å². The van der Waals surface area contributed by atoms with E-state index in [2.05, 4.69) is 4.90 Å². The molecule has 4 heteroatoms. The van der Waals surface area contributed by atoms with Crippen LogP contribution in [-0.2, 0) is 0 Å². The molecule has 1 aromatic carbocycles. The summed E-state index contributed by atoms with van der Waals surface area (Å²) in [5.41, 5.74) is 0.311. The minimum Gasteiger partial charge on any atom is -0.508 e. The van der Waals surface area contributed by atoms with Gasteiger partial charge in [-0.1, -0.05) is 12.8 Å². The van der Waals surface area contributed by atoms with Crippen LogP contribution in [0.2, 0.25) is 0 Å². The number of hydrogen-bond donors (Lipinski definition) is 2. The zero-order valence-corrected chi connectivity index (χ0v) is 12.3. The summed E-state index contributed by atoms with van der Waals surface area (Å²) in [6.07, 6.45) is 7.52. The van der Waals surface area contributed by atoms with E-state index in [0.29, 0.717) is 18.2 Å². The highest BCUT2D eigenvalue weighted by atomic mass is 16.3. The van der Waals surface area contributed by atoms with Crippen molar-refractivity contribution in [2.45, 2.75) is 44.6 Å². The Morgan fingerprint density at radius 2 is 1.90 bits per heavy atom. The number of carbonyl (C=O) groups is 1. The van der Waals surface area contributed by atoms with Crippen LogP contribution in [0.5, 0.6) is 11.5 Å². The standard InChI is InChI=1S/C17H23NO3/c19-13-7-8-14(16(20)10-13)17(21)11-18-9-3-5-12-4-1-2-6-15(12)18/h7-8,10,12,15,19-20H,1-6,9,11H2. The maximum Gasteiger partial charge on any atom is 0.180 e. The van der Waals surface area contributed by atoms with Gasteiger partial charge in [-0.3, -0.25) is 9.69 Å². The Balaban J connectivity index is 1.71. The Morgan fingerprint density at radius 1 is 1.14 bits per heavy atom. The fraction of sp³-hybridized carbons (Fsp3) is 0.588. The molecule has 0 radical (unpaired) electrons. The molecule has 2 fully saturated rings. The number of piperidine rings is 1. The van der Waals surface area contributed by atoms with Gasteiger partial charge in [0.25, 0.3) is 0 Å². The monoisotopic (exact) mass is 289 g/mol. The molecule has 0 aromatic heterocycles. The van der Waals surface area contributed by atoms with E-state index >= 15 is 0 Å². The van der Waals surface area contributed by atoms with Crippen molar-refractivity contribution in [3.05, 3.63) is 23.8 Å². The minimum absolute atomic E-state index is 0.0191. The smallest absolute Gasteiger partial charge is 0.180 e. The summed E-state index contributed by atoms with van der Waals surface area (Å²) in [5.74, 6) is 0.541. The molecule has 1 saturated carbocycles. The predicted octanol–water partition coefficient (Wildman–Crippen LogP) is 2.94. The summed E-state index contributed by atoms with van der Waals surface area (Å²) in [7, 11) is 0. The molecule has 1 heterocycles. The molecule has 2 aliphatic rings. The van der Waals surface area contributed by atoms with Gasteiger partial charge in [-0.05, 0) is 50.3 Å². The van der Waals surface area contributed by atoms with E-state index in [1.165, 1.54) is 50.3 Å². The summed E-state index contributed by atoms with van der Waals surface area (Å²) >= 11 is 0. The van der Waals surface area contributed by atoms with Crippen LogP contribution in [0, 0.1) is 5.92 Å². The third kappa shape index (κ3) is 3.05. The van der Waals surface area contributed by atoms with Gasteiger partial charge in [0.1, 0.15) is 11.5 Å². The molecule has 21 heavy (non-hydrogen) atoms. The fourth-order valence-electron chi connectivity index (χ4n) is 3.95. The lowest BCUT2D eigenvalue weighted by molar-refractivity contribution is 0.0538. The van der Waals surface area contributed by atoms with Crippen LogP contribution in [0.4, 0.5) is 0 Å². The Labute approximate surface area is 125 Å². The van der Waals surface area contributed by atoms with Crippen molar-refractivity contribution in [2.24, 2.45) is 5.92 Å². The third-order valence-electron chi connectivity index (χ3n) is 4.99. The highest BCUT2D eigenvalue weighted by molar-refractivity contribution is 6.00. The Hall–Kier alpha value is -1.55. The number of nitrogens with zero attached hydrogens (tertiary/aromatic N) is 1. The van der Waals surface area contributed by atoms with Crippen molar-refractivity contribution >= 4 is 5.78 Å². The lowest BCUT2D eigenvalue weighted by atomic mass is 9.78. The molecule has 1 saturated heterocycles. The second-order valence-corrected chi connectivity index (χ2v) is 6.35. The average Bonchev–Trinajstić information content (AvgIpc) is 2.47. The van der Waals surface area contributed by atoms with Crippen molar-refractivity contribution in [3.63, 3.8) is 0 Å². The minimum atomic E-state index is -0.128. The number of aromatic hydroxyl groups is 2. The topological polar surface area (TPSA) is 60.8 Å². The number of likely N-dealkylation sites (tertiary alicyclic amines) is 1. The van der Waals surface area contributed by atoms with Crippen molar-refractivity contribution in [3.8, 4) is 11.5 Å². The van der Waals surface area contributed by atoms with Crippen molar-refractivity contribution in [1.29, 1.82) is 0 Å². The van der Waals surface area contributed by atoms with Crippen molar-refractivity contribution < 1.29 is 15.0 Å². The molecular weight excluding hydrogens is 266 g/mol. The molecule has 4 nitrogen and oxygen atoms in total. The summed E-state index contributed by atoms with van der Waals surface area (Å²) in [5, 5.41) is 19.1. The SMILES string of the molecule is O=C(CN1CCCC2CCCCC21)c1ccc(O)cc1O. The number of ketones is 1. The van der Waals surface area contributed by atoms with Gasteiger partial charge < -0.3 is 10.2 Å². The van der Waals surface area contributed by atoms with E-state index in [0.717, 1.165) is 18.9 Å². The first-order valence-corrected chi connectivity index (χ1v) is 7.94. The summed E-state index contributed by atoms with van der Waals surface area (Å²) in [6.45, 7) is 1.35. The van der Waals surface area contributed by atoms with Crippen molar-refractivity contribution in [1.82, 2.24) is 4.90 Å². The second-order valence-electron chi connectivity index (χ2n) is 6.35. The lowest BCUT2D eigenvalue weighted by Crippen LogP contribution is -2.48. The second kappa shape index (κ2) is 6.06. The number of fused-ring (bicyclic) bond motifs is 1. The van der Waals surface area contributed by atoms with E-state index in [1.807, 2.05) is 0 Å². The number of Topliss-reactive ketones (excluding diaryl/α,β-unsaturated/α-hetero) is 1. The molecule has 1 aromatic rings. The maximum atomic E-state index is 12.4. The van der Waals surface area contributed by atoms with Gasteiger partial charge >= 0.3 is 0 Å². The zero-order chi connectivity index (χ0) is 14.8. The first-order chi connectivity index (χ1) is 10.1. The molecular formula is C17H23NO3. The molecule has 114 valence electrons. The van der Waals surface area contributed by atoms with Gasteiger partial charge in [0.15, 0.2) is 5.78 Å². The van der Waals surface area contributed by atoms with Crippen LogP contribution in [-0.4, -0.2) is 40.0 Å². The molecule has 2 unspecified atom stereocenters. The number of phenols is 2. The van der Waals surface area contributed by atoms with E-state index in [9.17, 15) is 15.0 Å². The third-order valence-corrected chi connectivity index (χ3v) is 4.99. The predicted molar refractivity (Wildman–Crippen MR) is 80.7 cm³/mol. The van der Waals surface area contributed by atoms with Gasteiger partial charge in [-0.15, -0.1) is 0 Å². The first kappa shape index (κ1) is 14.4. The Bertz CT molecular complexity index is 527. The zero-order valence-electron chi connectivity index (χ0n) is 12.3. The number of phenolic OH excluding ortho intramolecular Hbond substituents is 2. The van der Waals surface area contributed by atoms with Crippen LogP contribution in [0.25, 0.3) is 0 Å². The number of hydrogen-bond acceptors (Lipinski definition) is 4. The van der Waals surface area contributed by atoms with Crippen LogP contribution in [0.15, 0.2) is 18.2 Å².